The van der Waals surface area contributed by atoms with Crippen LogP contribution in [0.5, 0.6) is 0 Å². The average molecular weight is 187 g/mol. The highest BCUT2D eigenvalue weighted by Crippen LogP contribution is 2.20. The maximum atomic E-state index is 5.27. The maximum Gasteiger partial charge on any atom is 0.0329 e. The van der Waals surface area contributed by atoms with Crippen LogP contribution in [-0.4, -0.2) is 7.05 Å². The standard InChI is InChI=1S/C13H17N/c1-4-5-10-13(14-3)12-9-7-6-8-11(12)2/h1,6-9,13-14H,5,10H2,2-3H3. The molecule has 74 valence electrons. The Hall–Kier alpha value is -1.26. The number of nitrogens with one attached hydrogen (secondary N) is 1. The summed E-state index contributed by atoms with van der Waals surface area (Å²) in [5.74, 6) is 2.68. The molecular weight excluding hydrogens is 170 g/mol. The summed E-state index contributed by atoms with van der Waals surface area (Å²) >= 11 is 0. The van der Waals surface area contributed by atoms with Crippen LogP contribution in [0.25, 0.3) is 0 Å². The van der Waals surface area contributed by atoms with Crippen LogP contribution in [0.15, 0.2) is 24.3 Å². The molecule has 0 bridgehead atoms. The quantitative estimate of drug-likeness (QED) is 0.715. The Kier molecular flexibility index (Phi) is 4.22. The van der Waals surface area contributed by atoms with Crippen LogP contribution in [0, 0.1) is 19.3 Å². The van der Waals surface area contributed by atoms with E-state index in [4.69, 9.17) is 6.42 Å². The van der Waals surface area contributed by atoms with Gasteiger partial charge in [-0.05, 0) is 31.5 Å². The minimum atomic E-state index is 0.382. The van der Waals surface area contributed by atoms with Crippen LogP contribution in [0.2, 0.25) is 0 Å². The van der Waals surface area contributed by atoms with Crippen LogP contribution in [-0.2, 0) is 0 Å². The lowest BCUT2D eigenvalue weighted by Crippen LogP contribution is -2.17. The van der Waals surface area contributed by atoms with Crippen LogP contribution >= 0.6 is 0 Å². The van der Waals surface area contributed by atoms with Gasteiger partial charge in [0.25, 0.3) is 0 Å². The van der Waals surface area contributed by atoms with Crippen molar-refractivity contribution < 1.29 is 0 Å². The highest BCUT2D eigenvalue weighted by atomic mass is 14.9. The van der Waals surface area contributed by atoms with Gasteiger partial charge in [-0.15, -0.1) is 12.3 Å². The lowest BCUT2D eigenvalue weighted by Gasteiger charge is -2.17. The molecule has 1 aromatic rings. The number of hydrogen-bond acceptors (Lipinski definition) is 1. The highest BCUT2D eigenvalue weighted by molar-refractivity contribution is 5.28. The average Bonchev–Trinajstić information content (AvgIpc) is 2.21. The molecule has 1 rings (SSSR count). The van der Waals surface area contributed by atoms with Crippen molar-refractivity contribution in [3.05, 3.63) is 35.4 Å². The molecule has 0 saturated heterocycles. The van der Waals surface area contributed by atoms with Gasteiger partial charge in [-0.2, -0.15) is 0 Å². The summed E-state index contributed by atoms with van der Waals surface area (Å²) in [6.07, 6.45) is 7.09. The fourth-order valence-corrected chi connectivity index (χ4v) is 1.66. The third-order valence-corrected chi connectivity index (χ3v) is 2.49. The van der Waals surface area contributed by atoms with Crippen molar-refractivity contribution in [2.75, 3.05) is 7.05 Å². The smallest absolute Gasteiger partial charge is 0.0329 e. The van der Waals surface area contributed by atoms with Crippen LogP contribution < -0.4 is 5.32 Å². The van der Waals surface area contributed by atoms with E-state index in [-0.39, 0.29) is 0 Å². The van der Waals surface area contributed by atoms with Gasteiger partial charge in [0.05, 0.1) is 0 Å². The number of hydrogen-bond donors (Lipinski definition) is 1. The number of aryl methyl sites for hydroxylation is 1. The second kappa shape index (κ2) is 5.47. The van der Waals surface area contributed by atoms with Gasteiger partial charge in [0.1, 0.15) is 0 Å². The van der Waals surface area contributed by atoms with E-state index in [0.29, 0.717) is 6.04 Å². The van der Waals surface area contributed by atoms with Gasteiger partial charge >= 0.3 is 0 Å². The fraction of sp³-hybridized carbons (Fsp3) is 0.385. The van der Waals surface area contributed by atoms with Gasteiger partial charge in [-0.1, -0.05) is 24.3 Å². The normalized spacial score (nSPS) is 12.1. The van der Waals surface area contributed by atoms with Crippen molar-refractivity contribution in [2.24, 2.45) is 0 Å². The first-order valence-electron chi connectivity index (χ1n) is 4.96. The molecular formula is C13H17N. The monoisotopic (exact) mass is 187 g/mol. The molecule has 0 heterocycles. The Bertz CT molecular complexity index is 322. The number of benzene rings is 1. The molecule has 0 fully saturated rings. The Morgan fingerprint density at radius 1 is 1.43 bits per heavy atom. The van der Waals surface area contributed by atoms with E-state index in [9.17, 15) is 0 Å². The van der Waals surface area contributed by atoms with E-state index < -0.39 is 0 Å². The summed E-state index contributed by atoms with van der Waals surface area (Å²) < 4.78 is 0. The predicted molar refractivity (Wildman–Crippen MR) is 61.0 cm³/mol. The first-order chi connectivity index (χ1) is 6.79. The zero-order valence-electron chi connectivity index (χ0n) is 8.88. The van der Waals surface area contributed by atoms with E-state index in [0.717, 1.165) is 12.8 Å². The highest BCUT2D eigenvalue weighted by Gasteiger charge is 2.09. The van der Waals surface area contributed by atoms with E-state index >= 15 is 0 Å². The first-order valence-corrected chi connectivity index (χ1v) is 4.96. The molecule has 0 aliphatic carbocycles. The largest absolute Gasteiger partial charge is 0.313 e. The van der Waals surface area contributed by atoms with Crippen LogP contribution in [0.3, 0.4) is 0 Å². The number of rotatable bonds is 4. The second-order valence-electron chi connectivity index (χ2n) is 3.44. The molecule has 1 unspecified atom stereocenters. The van der Waals surface area contributed by atoms with Crippen molar-refractivity contribution in [1.82, 2.24) is 5.32 Å². The third-order valence-electron chi connectivity index (χ3n) is 2.49. The minimum absolute atomic E-state index is 0.382. The van der Waals surface area contributed by atoms with Crippen molar-refractivity contribution in [3.8, 4) is 12.3 Å². The van der Waals surface area contributed by atoms with E-state index in [1.54, 1.807) is 0 Å². The van der Waals surface area contributed by atoms with E-state index in [1.165, 1.54) is 11.1 Å². The molecule has 1 heteroatoms. The lowest BCUT2D eigenvalue weighted by atomic mass is 9.98. The zero-order chi connectivity index (χ0) is 10.4. The molecule has 0 aromatic heterocycles. The Morgan fingerprint density at radius 2 is 2.14 bits per heavy atom. The molecule has 14 heavy (non-hydrogen) atoms. The third kappa shape index (κ3) is 2.61. The Morgan fingerprint density at radius 3 is 2.71 bits per heavy atom. The van der Waals surface area contributed by atoms with E-state index in [1.807, 2.05) is 7.05 Å². The molecule has 0 aliphatic rings. The Balaban J connectivity index is 2.79. The van der Waals surface area contributed by atoms with Crippen LogP contribution in [0.1, 0.15) is 30.0 Å². The predicted octanol–water partition coefficient (Wildman–Crippen LogP) is 2.67. The fourth-order valence-electron chi connectivity index (χ4n) is 1.66. The van der Waals surface area contributed by atoms with E-state index in [2.05, 4.69) is 42.4 Å². The summed E-state index contributed by atoms with van der Waals surface area (Å²) in [6.45, 7) is 2.13. The van der Waals surface area contributed by atoms with Gasteiger partial charge in [0.15, 0.2) is 0 Å². The van der Waals surface area contributed by atoms with Gasteiger partial charge in [0.2, 0.25) is 0 Å². The molecule has 0 aliphatic heterocycles. The van der Waals surface area contributed by atoms with Gasteiger partial charge in [-0.25, -0.2) is 0 Å². The molecule has 1 aromatic carbocycles. The molecule has 0 saturated carbocycles. The van der Waals surface area contributed by atoms with Gasteiger partial charge < -0.3 is 5.32 Å². The molecule has 0 radical (unpaired) electrons. The SMILES string of the molecule is C#CCCC(NC)c1ccccc1C. The minimum Gasteiger partial charge on any atom is -0.313 e. The van der Waals surface area contributed by atoms with Crippen LogP contribution in [0.4, 0.5) is 0 Å². The zero-order valence-corrected chi connectivity index (χ0v) is 8.88. The summed E-state index contributed by atoms with van der Waals surface area (Å²) in [5.41, 5.74) is 2.68. The topological polar surface area (TPSA) is 12.0 Å². The van der Waals surface area contributed by atoms with Crippen molar-refractivity contribution >= 4 is 0 Å². The summed E-state index contributed by atoms with van der Waals surface area (Å²) in [7, 11) is 1.98. The second-order valence-corrected chi connectivity index (χ2v) is 3.44. The molecule has 0 amide bonds. The van der Waals surface area contributed by atoms with Crippen molar-refractivity contribution in [3.63, 3.8) is 0 Å². The summed E-state index contributed by atoms with van der Waals surface area (Å²) in [6, 6.07) is 8.81. The summed E-state index contributed by atoms with van der Waals surface area (Å²) in [4.78, 5) is 0. The van der Waals surface area contributed by atoms with Crippen molar-refractivity contribution in [1.29, 1.82) is 0 Å². The molecule has 1 atom stereocenters. The van der Waals surface area contributed by atoms with Crippen molar-refractivity contribution in [2.45, 2.75) is 25.8 Å². The van der Waals surface area contributed by atoms with Gasteiger partial charge in [-0.3, -0.25) is 0 Å². The molecule has 0 spiro atoms. The number of terminal acetylenes is 1. The lowest BCUT2D eigenvalue weighted by molar-refractivity contribution is 0.556. The first kappa shape index (κ1) is 10.8. The Labute approximate surface area is 86.5 Å². The molecule has 1 N–H and O–H groups in total. The molecule has 1 nitrogen and oxygen atoms in total. The maximum absolute atomic E-state index is 5.27. The van der Waals surface area contributed by atoms with Gasteiger partial charge in [0, 0.05) is 12.5 Å². The summed E-state index contributed by atoms with van der Waals surface area (Å²) in [5, 5.41) is 3.30.